The van der Waals surface area contributed by atoms with Gasteiger partial charge in [-0.1, -0.05) is 0 Å². The van der Waals surface area contributed by atoms with Crippen molar-refractivity contribution in [2.75, 3.05) is 11.5 Å². The van der Waals surface area contributed by atoms with Gasteiger partial charge in [0.15, 0.2) is 5.78 Å². The van der Waals surface area contributed by atoms with Crippen molar-refractivity contribution in [1.29, 1.82) is 0 Å². The van der Waals surface area contributed by atoms with Crippen LogP contribution in [0, 0.1) is 13.8 Å². The Labute approximate surface area is 98.6 Å². The number of nitrogens with one attached hydrogen (secondary N) is 1. The number of aromatic nitrogens is 1. The first-order valence-corrected chi connectivity index (χ1v) is 7.14. The zero-order valence-corrected chi connectivity index (χ0v) is 10.8. The molecule has 15 heavy (non-hydrogen) atoms. The monoisotopic (exact) mass is 241 g/mol. The molecule has 82 valence electrons. The van der Waals surface area contributed by atoms with Gasteiger partial charge in [-0.2, -0.15) is 0 Å². The minimum absolute atomic E-state index is 0.167. The van der Waals surface area contributed by atoms with Crippen molar-refractivity contribution >= 4 is 29.3 Å². The van der Waals surface area contributed by atoms with Crippen molar-refractivity contribution in [1.82, 2.24) is 4.98 Å². The lowest BCUT2D eigenvalue weighted by Gasteiger charge is -2.07. The van der Waals surface area contributed by atoms with Gasteiger partial charge in [0.05, 0.1) is 4.58 Å². The van der Waals surface area contributed by atoms with Gasteiger partial charge in [0.2, 0.25) is 0 Å². The Kier molecular flexibility index (Phi) is 3.16. The van der Waals surface area contributed by atoms with Gasteiger partial charge in [-0.3, -0.25) is 4.79 Å². The minimum atomic E-state index is 0.167. The van der Waals surface area contributed by atoms with E-state index >= 15 is 0 Å². The van der Waals surface area contributed by atoms with Crippen molar-refractivity contribution in [2.24, 2.45) is 0 Å². The molecule has 0 spiro atoms. The lowest BCUT2D eigenvalue weighted by Crippen LogP contribution is -1.95. The van der Waals surface area contributed by atoms with Crippen LogP contribution < -0.4 is 0 Å². The zero-order valence-electron chi connectivity index (χ0n) is 9.22. The fourth-order valence-electron chi connectivity index (χ4n) is 2.06. The third kappa shape index (κ3) is 1.97. The maximum atomic E-state index is 11.5. The van der Waals surface area contributed by atoms with Gasteiger partial charge < -0.3 is 4.98 Å². The number of carbonyl (C=O) groups is 1. The first kappa shape index (κ1) is 11.1. The number of rotatable bonds is 2. The van der Waals surface area contributed by atoms with E-state index in [1.165, 1.54) is 17.2 Å². The Hall–Kier alpha value is -0.350. The van der Waals surface area contributed by atoms with E-state index in [0.29, 0.717) is 4.58 Å². The Morgan fingerprint density at radius 1 is 1.33 bits per heavy atom. The summed E-state index contributed by atoms with van der Waals surface area (Å²) in [5.41, 5.74) is 4.29. The minimum Gasteiger partial charge on any atom is -0.360 e. The average molecular weight is 241 g/mol. The zero-order chi connectivity index (χ0) is 11.0. The Morgan fingerprint density at radius 3 is 2.40 bits per heavy atom. The van der Waals surface area contributed by atoms with Gasteiger partial charge in [0, 0.05) is 28.5 Å². The van der Waals surface area contributed by atoms with Gasteiger partial charge in [0.25, 0.3) is 0 Å². The van der Waals surface area contributed by atoms with Crippen LogP contribution >= 0.6 is 23.5 Å². The van der Waals surface area contributed by atoms with Crippen molar-refractivity contribution in [3.8, 4) is 0 Å². The van der Waals surface area contributed by atoms with E-state index in [-0.39, 0.29) is 5.78 Å². The second kappa shape index (κ2) is 4.26. The molecule has 0 aromatic carbocycles. The maximum Gasteiger partial charge on any atom is 0.161 e. The van der Waals surface area contributed by atoms with Crippen molar-refractivity contribution in [2.45, 2.75) is 25.4 Å². The third-order valence-corrected chi connectivity index (χ3v) is 5.72. The molecule has 4 heteroatoms. The van der Waals surface area contributed by atoms with Gasteiger partial charge in [-0.25, -0.2) is 0 Å². The maximum absolute atomic E-state index is 11.5. The molecule has 0 radical (unpaired) electrons. The van der Waals surface area contributed by atoms with E-state index in [2.05, 4.69) is 11.9 Å². The fourth-order valence-corrected chi connectivity index (χ4v) is 5.03. The quantitative estimate of drug-likeness (QED) is 0.806. The second-order valence-corrected chi connectivity index (χ2v) is 6.52. The van der Waals surface area contributed by atoms with Gasteiger partial charge in [-0.05, 0) is 26.3 Å². The summed E-state index contributed by atoms with van der Waals surface area (Å²) < 4.78 is 0.497. The summed E-state index contributed by atoms with van der Waals surface area (Å²) in [5, 5.41) is 0. The third-order valence-electron chi connectivity index (χ3n) is 2.69. The van der Waals surface area contributed by atoms with Crippen LogP contribution in [0.2, 0.25) is 0 Å². The van der Waals surface area contributed by atoms with Gasteiger partial charge in [0.1, 0.15) is 0 Å². The fraction of sp³-hybridized carbons (Fsp3) is 0.545. The molecule has 1 aromatic heterocycles. The molecule has 0 bridgehead atoms. The Balaban J connectivity index is 2.40. The average Bonchev–Trinajstić information content (AvgIpc) is 2.72. The van der Waals surface area contributed by atoms with Crippen LogP contribution in [0.1, 0.15) is 38.8 Å². The summed E-state index contributed by atoms with van der Waals surface area (Å²) in [5.74, 6) is 2.59. The number of aryl methyl sites for hydroxylation is 1. The predicted molar refractivity (Wildman–Crippen MR) is 67.9 cm³/mol. The molecular formula is C11H15NOS2. The molecule has 2 rings (SSSR count). The number of ketones is 1. The van der Waals surface area contributed by atoms with Gasteiger partial charge >= 0.3 is 0 Å². The molecule has 1 N–H and O–H groups in total. The summed E-state index contributed by atoms with van der Waals surface area (Å²) in [6.07, 6.45) is 0. The highest BCUT2D eigenvalue weighted by Crippen LogP contribution is 2.46. The van der Waals surface area contributed by atoms with E-state index < -0.39 is 0 Å². The molecule has 1 aromatic rings. The van der Waals surface area contributed by atoms with Crippen LogP contribution in [-0.4, -0.2) is 22.3 Å². The standard InChI is InChI=1S/C11H15NOS2/c1-6-9(8(3)13)7(2)12-10(6)11-14-4-5-15-11/h11-12H,4-5H2,1-3H3. The van der Waals surface area contributed by atoms with Crippen LogP contribution in [0.5, 0.6) is 0 Å². The molecule has 1 saturated heterocycles. The van der Waals surface area contributed by atoms with E-state index in [0.717, 1.165) is 16.8 Å². The lowest BCUT2D eigenvalue weighted by atomic mass is 10.1. The molecule has 2 heterocycles. The normalized spacial score (nSPS) is 17.3. The number of H-pyrrole nitrogens is 1. The second-order valence-electron chi connectivity index (χ2n) is 3.79. The summed E-state index contributed by atoms with van der Waals surface area (Å²) in [6.45, 7) is 5.68. The molecule has 0 saturated carbocycles. The number of hydrogen-bond donors (Lipinski definition) is 1. The lowest BCUT2D eigenvalue weighted by molar-refractivity contribution is 0.101. The number of carbonyl (C=O) groups excluding carboxylic acids is 1. The van der Waals surface area contributed by atoms with Crippen molar-refractivity contribution in [3.63, 3.8) is 0 Å². The van der Waals surface area contributed by atoms with E-state index in [9.17, 15) is 4.79 Å². The Morgan fingerprint density at radius 2 is 1.93 bits per heavy atom. The molecule has 1 aliphatic rings. The van der Waals surface area contributed by atoms with Crippen LogP contribution in [0.3, 0.4) is 0 Å². The number of Topliss-reactive ketones (excluding diaryl/α,β-unsaturated/α-hetero) is 1. The van der Waals surface area contributed by atoms with Crippen LogP contribution in [-0.2, 0) is 0 Å². The van der Waals surface area contributed by atoms with E-state index in [1.54, 1.807) is 6.92 Å². The Bertz CT molecular complexity index is 392. The van der Waals surface area contributed by atoms with E-state index in [4.69, 9.17) is 0 Å². The first-order chi connectivity index (χ1) is 7.11. The van der Waals surface area contributed by atoms with E-state index in [1.807, 2.05) is 30.4 Å². The van der Waals surface area contributed by atoms with Crippen LogP contribution in [0.4, 0.5) is 0 Å². The molecular weight excluding hydrogens is 226 g/mol. The highest BCUT2D eigenvalue weighted by molar-refractivity contribution is 8.19. The SMILES string of the molecule is CC(=O)c1c(C)[nH]c(C2SCCS2)c1C. The van der Waals surface area contributed by atoms with Gasteiger partial charge in [-0.15, -0.1) is 23.5 Å². The summed E-state index contributed by atoms with van der Waals surface area (Å²) in [4.78, 5) is 14.9. The highest BCUT2D eigenvalue weighted by Gasteiger charge is 2.24. The number of aromatic amines is 1. The molecule has 0 unspecified atom stereocenters. The predicted octanol–water partition coefficient (Wildman–Crippen LogP) is 3.31. The molecule has 1 aliphatic heterocycles. The van der Waals surface area contributed by atoms with Crippen molar-refractivity contribution < 1.29 is 4.79 Å². The number of thioether (sulfide) groups is 2. The molecule has 1 fully saturated rings. The summed E-state index contributed by atoms with van der Waals surface area (Å²) >= 11 is 3.93. The highest BCUT2D eigenvalue weighted by atomic mass is 32.2. The van der Waals surface area contributed by atoms with Crippen LogP contribution in [0.25, 0.3) is 0 Å². The summed E-state index contributed by atoms with van der Waals surface area (Å²) in [7, 11) is 0. The topological polar surface area (TPSA) is 32.9 Å². The van der Waals surface area contributed by atoms with Crippen LogP contribution in [0.15, 0.2) is 0 Å². The first-order valence-electron chi connectivity index (χ1n) is 5.04. The largest absolute Gasteiger partial charge is 0.360 e. The molecule has 0 amide bonds. The molecule has 0 aliphatic carbocycles. The smallest absolute Gasteiger partial charge is 0.161 e. The summed E-state index contributed by atoms with van der Waals surface area (Å²) in [6, 6.07) is 0. The number of hydrogen-bond acceptors (Lipinski definition) is 3. The molecule has 2 nitrogen and oxygen atoms in total. The molecule has 0 atom stereocenters. The van der Waals surface area contributed by atoms with Crippen molar-refractivity contribution in [3.05, 3.63) is 22.5 Å².